The molecule has 148 valence electrons. The molecule has 0 radical (unpaired) electrons. The Labute approximate surface area is 158 Å². The summed E-state index contributed by atoms with van der Waals surface area (Å²) in [5, 5.41) is 2.57. The van der Waals surface area contributed by atoms with E-state index in [-0.39, 0.29) is 25.1 Å². The van der Waals surface area contributed by atoms with Crippen LogP contribution in [0.3, 0.4) is 0 Å². The van der Waals surface area contributed by atoms with Gasteiger partial charge in [-0.2, -0.15) is 0 Å². The van der Waals surface area contributed by atoms with Gasteiger partial charge in [-0.15, -0.1) is 0 Å². The summed E-state index contributed by atoms with van der Waals surface area (Å²) in [6.07, 6.45) is 2.85. The monoisotopic (exact) mass is 379 g/mol. The van der Waals surface area contributed by atoms with Gasteiger partial charge >= 0.3 is 11.9 Å². The molecule has 1 aromatic rings. The largest absolute Gasteiger partial charge is 0.491 e. The van der Waals surface area contributed by atoms with E-state index in [0.717, 1.165) is 19.4 Å². The predicted octanol–water partition coefficient (Wildman–Crippen LogP) is 1.47. The Morgan fingerprint density at radius 2 is 2.00 bits per heavy atom. The van der Waals surface area contributed by atoms with Crippen LogP contribution in [-0.2, 0) is 23.8 Å². The molecule has 2 rings (SSSR count). The van der Waals surface area contributed by atoms with E-state index in [1.54, 1.807) is 24.3 Å². The van der Waals surface area contributed by atoms with Crippen LogP contribution in [0.25, 0.3) is 0 Å². The maximum absolute atomic E-state index is 12.0. The fourth-order valence-corrected chi connectivity index (χ4v) is 2.48. The van der Waals surface area contributed by atoms with Gasteiger partial charge in [-0.05, 0) is 43.5 Å². The first-order valence-corrected chi connectivity index (χ1v) is 8.93. The smallest absolute Gasteiger partial charge is 0.338 e. The molecular weight excluding hydrogens is 354 g/mol. The zero-order valence-electron chi connectivity index (χ0n) is 15.4. The van der Waals surface area contributed by atoms with E-state index in [1.165, 1.54) is 7.11 Å². The van der Waals surface area contributed by atoms with Crippen LogP contribution in [-0.4, -0.2) is 57.4 Å². The minimum atomic E-state index is -0.592. The molecule has 1 saturated heterocycles. The molecule has 27 heavy (non-hydrogen) atoms. The van der Waals surface area contributed by atoms with Crippen molar-refractivity contribution in [2.75, 3.05) is 33.5 Å². The lowest BCUT2D eigenvalue weighted by Crippen LogP contribution is -2.29. The van der Waals surface area contributed by atoms with Gasteiger partial charge in [0.2, 0.25) is 0 Å². The molecule has 8 nitrogen and oxygen atoms in total. The summed E-state index contributed by atoms with van der Waals surface area (Å²) in [5.41, 5.74) is 0.331. The molecule has 0 aromatic heterocycles. The van der Waals surface area contributed by atoms with E-state index in [1.807, 2.05) is 0 Å². The van der Waals surface area contributed by atoms with E-state index in [9.17, 15) is 14.4 Å². The Balaban J connectivity index is 1.64. The normalized spacial score (nSPS) is 15.8. The van der Waals surface area contributed by atoms with Crippen LogP contribution in [0.2, 0.25) is 0 Å². The first kappa shape index (κ1) is 20.7. The molecule has 0 unspecified atom stereocenters. The Bertz CT molecular complexity index is 623. The van der Waals surface area contributed by atoms with Crippen molar-refractivity contribution in [1.29, 1.82) is 0 Å². The van der Waals surface area contributed by atoms with Gasteiger partial charge in [0.05, 0.1) is 18.8 Å². The number of carbonyl (C=O) groups excluding carboxylic acids is 3. The molecule has 0 saturated carbocycles. The third kappa shape index (κ3) is 7.65. The summed E-state index contributed by atoms with van der Waals surface area (Å²) in [7, 11) is 1.31. The lowest BCUT2D eigenvalue weighted by molar-refractivity contribution is -0.140. The lowest BCUT2D eigenvalue weighted by Gasteiger charge is -2.11. The summed E-state index contributed by atoms with van der Waals surface area (Å²) in [5.74, 6) is -0.709. The van der Waals surface area contributed by atoms with Crippen molar-refractivity contribution in [3.05, 3.63) is 29.8 Å². The molecule has 1 fully saturated rings. The SMILES string of the molecule is COC(=O)CCCNC(=O)COC(=O)c1ccc(OC[C@@H]2CCCO2)cc1. The molecule has 1 aliphatic heterocycles. The highest BCUT2D eigenvalue weighted by Gasteiger charge is 2.16. The van der Waals surface area contributed by atoms with Gasteiger partial charge in [0.1, 0.15) is 12.4 Å². The van der Waals surface area contributed by atoms with Gasteiger partial charge in [-0.3, -0.25) is 9.59 Å². The number of carbonyl (C=O) groups is 3. The van der Waals surface area contributed by atoms with Gasteiger partial charge in [0, 0.05) is 19.6 Å². The van der Waals surface area contributed by atoms with Crippen LogP contribution in [0.4, 0.5) is 0 Å². The van der Waals surface area contributed by atoms with Crippen LogP contribution in [0.5, 0.6) is 5.75 Å². The summed E-state index contributed by atoms with van der Waals surface area (Å²) in [6.45, 7) is 1.19. The number of amides is 1. The number of ether oxygens (including phenoxy) is 4. The number of rotatable bonds is 10. The summed E-state index contributed by atoms with van der Waals surface area (Å²) in [6, 6.07) is 6.53. The van der Waals surface area contributed by atoms with E-state index in [0.29, 0.717) is 30.9 Å². The van der Waals surface area contributed by atoms with Crippen molar-refractivity contribution in [2.45, 2.75) is 31.8 Å². The fraction of sp³-hybridized carbons (Fsp3) is 0.526. The van der Waals surface area contributed by atoms with E-state index in [2.05, 4.69) is 10.1 Å². The van der Waals surface area contributed by atoms with Crippen molar-refractivity contribution in [2.24, 2.45) is 0 Å². The minimum absolute atomic E-state index is 0.126. The number of nitrogens with one attached hydrogen (secondary N) is 1. The quantitative estimate of drug-likeness (QED) is 0.485. The van der Waals surface area contributed by atoms with Crippen LogP contribution >= 0.6 is 0 Å². The van der Waals surface area contributed by atoms with Gasteiger partial charge in [-0.1, -0.05) is 0 Å². The molecule has 1 N–H and O–H groups in total. The van der Waals surface area contributed by atoms with Gasteiger partial charge < -0.3 is 24.3 Å². The van der Waals surface area contributed by atoms with Gasteiger partial charge in [0.15, 0.2) is 6.61 Å². The molecule has 1 atom stereocenters. The van der Waals surface area contributed by atoms with Crippen molar-refractivity contribution >= 4 is 17.8 Å². The van der Waals surface area contributed by atoms with Crippen LogP contribution in [0, 0.1) is 0 Å². The third-order valence-corrected chi connectivity index (χ3v) is 3.99. The number of hydrogen-bond donors (Lipinski definition) is 1. The molecule has 1 aromatic carbocycles. The Morgan fingerprint density at radius 3 is 2.67 bits per heavy atom. The van der Waals surface area contributed by atoms with E-state index >= 15 is 0 Å². The standard InChI is InChI=1S/C19H25NO7/c1-24-18(22)5-2-10-20-17(21)13-27-19(23)14-6-8-15(9-7-14)26-12-16-4-3-11-25-16/h6-9,16H,2-5,10-13H2,1H3,(H,20,21)/t16-/m0/s1. The van der Waals surface area contributed by atoms with Crippen LogP contribution in [0.1, 0.15) is 36.0 Å². The molecule has 0 aliphatic carbocycles. The number of esters is 2. The van der Waals surface area contributed by atoms with Crippen molar-refractivity contribution < 1.29 is 33.3 Å². The maximum Gasteiger partial charge on any atom is 0.338 e. The second kappa shape index (κ2) is 11.2. The van der Waals surface area contributed by atoms with E-state index < -0.39 is 11.9 Å². The average Bonchev–Trinajstić information content (AvgIpc) is 3.21. The Morgan fingerprint density at radius 1 is 1.22 bits per heavy atom. The highest BCUT2D eigenvalue weighted by atomic mass is 16.5. The van der Waals surface area contributed by atoms with Crippen LogP contribution in [0.15, 0.2) is 24.3 Å². The minimum Gasteiger partial charge on any atom is -0.491 e. The van der Waals surface area contributed by atoms with E-state index in [4.69, 9.17) is 14.2 Å². The molecule has 1 aliphatic rings. The van der Waals surface area contributed by atoms with Gasteiger partial charge in [0.25, 0.3) is 5.91 Å². The Hall–Kier alpha value is -2.61. The summed E-state index contributed by atoms with van der Waals surface area (Å²) >= 11 is 0. The topological polar surface area (TPSA) is 100 Å². The van der Waals surface area contributed by atoms with Crippen molar-refractivity contribution in [3.63, 3.8) is 0 Å². The second-order valence-corrected chi connectivity index (χ2v) is 6.08. The fourth-order valence-electron chi connectivity index (χ4n) is 2.48. The van der Waals surface area contributed by atoms with Crippen molar-refractivity contribution in [3.8, 4) is 5.75 Å². The molecule has 8 heteroatoms. The third-order valence-electron chi connectivity index (χ3n) is 3.99. The molecule has 0 bridgehead atoms. The highest BCUT2D eigenvalue weighted by Crippen LogP contribution is 2.17. The number of benzene rings is 1. The maximum atomic E-state index is 12.0. The Kier molecular flexibility index (Phi) is 8.57. The molecule has 0 spiro atoms. The van der Waals surface area contributed by atoms with Crippen molar-refractivity contribution in [1.82, 2.24) is 5.32 Å². The first-order valence-electron chi connectivity index (χ1n) is 8.93. The first-order chi connectivity index (χ1) is 13.1. The average molecular weight is 379 g/mol. The number of hydrogen-bond acceptors (Lipinski definition) is 7. The second-order valence-electron chi connectivity index (χ2n) is 6.08. The molecule has 1 heterocycles. The summed E-state index contributed by atoms with van der Waals surface area (Å²) in [4.78, 5) is 34.5. The van der Waals surface area contributed by atoms with Crippen LogP contribution < -0.4 is 10.1 Å². The zero-order chi connectivity index (χ0) is 19.5. The predicted molar refractivity (Wildman–Crippen MR) is 95.5 cm³/mol. The number of methoxy groups -OCH3 is 1. The zero-order valence-corrected chi connectivity index (χ0v) is 15.4. The highest BCUT2D eigenvalue weighted by molar-refractivity contribution is 5.91. The molecule has 1 amide bonds. The lowest BCUT2D eigenvalue weighted by atomic mass is 10.2. The molecular formula is C19H25NO7. The van der Waals surface area contributed by atoms with Gasteiger partial charge in [-0.25, -0.2) is 4.79 Å². The summed E-state index contributed by atoms with van der Waals surface area (Å²) < 4.78 is 20.6.